The second kappa shape index (κ2) is 5.49. The molecule has 0 atom stereocenters. The van der Waals surface area contributed by atoms with Gasteiger partial charge < -0.3 is 5.32 Å². The van der Waals surface area contributed by atoms with Gasteiger partial charge in [-0.1, -0.05) is 29.8 Å². The van der Waals surface area contributed by atoms with Crippen LogP contribution in [0.25, 0.3) is 0 Å². The molecule has 1 N–H and O–H groups in total. The number of anilines is 1. The molecule has 2 rings (SSSR count). The summed E-state index contributed by atoms with van der Waals surface area (Å²) >= 11 is 5.91. The molecule has 2 aromatic carbocycles. The zero-order valence-electron chi connectivity index (χ0n) is 9.67. The Morgan fingerprint density at radius 3 is 2.58 bits per heavy atom. The number of nitro benzene ring substituents is 1. The Kier molecular flexibility index (Phi) is 3.77. The number of para-hydroxylation sites is 1. The molecule has 0 aromatic heterocycles. The third-order valence-electron chi connectivity index (χ3n) is 2.44. The van der Waals surface area contributed by atoms with Crippen molar-refractivity contribution in [1.82, 2.24) is 0 Å². The highest BCUT2D eigenvalue weighted by molar-refractivity contribution is 6.33. The first kappa shape index (κ1) is 13.0. The summed E-state index contributed by atoms with van der Waals surface area (Å²) in [6.45, 7) is 0. The lowest BCUT2D eigenvalue weighted by Crippen LogP contribution is -2.12. The number of nitrogens with one attached hydrogen (secondary N) is 1. The number of carbonyl (C=O) groups is 1. The average Bonchev–Trinajstić information content (AvgIpc) is 2.41. The van der Waals surface area contributed by atoms with Crippen LogP contribution in [-0.2, 0) is 0 Å². The van der Waals surface area contributed by atoms with Gasteiger partial charge in [0.2, 0.25) is 0 Å². The number of nitro groups is 1. The molecular weight excluding hydrogens is 268 g/mol. The quantitative estimate of drug-likeness (QED) is 0.689. The van der Waals surface area contributed by atoms with E-state index in [-0.39, 0.29) is 11.3 Å². The molecule has 96 valence electrons. The van der Waals surface area contributed by atoms with Crippen LogP contribution >= 0.6 is 11.6 Å². The lowest BCUT2D eigenvalue weighted by atomic mass is 10.2. The van der Waals surface area contributed by atoms with E-state index >= 15 is 0 Å². The van der Waals surface area contributed by atoms with Gasteiger partial charge in [-0.2, -0.15) is 0 Å². The highest BCUT2D eigenvalue weighted by atomic mass is 35.5. The normalized spacial score (nSPS) is 9.95. The van der Waals surface area contributed by atoms with Crippen LogP contribution < -0.4 is 5.32 Å². The van der Waals surface area contributed by atoms with E-state index in [0.29, 0.717) is 10.7 Å². The number of hydrogen-bond donors (Lipinski definition) is 1. The Labute approximate surface area is 114 Å². The van der Waals surface area contributed by atoms with Crippen LogP contribution in [0.1, 0.15) is 10.4 Å². The van der Waals surface area contributed by atoms with Gasteiger partial charge in [-0.3, -0.25) is 14.9 Å². The van der Waals surface area contributed by atoms with E-state index in [2.05, 4.69) is 5.32 Å². The SMILES string of the molecule is O=C(Nc1ccccc1Cl)c1cccc([N+](=O)[O-])c1. The fraction of sp³-hybridized carbons (Fsp3) is 0. The van der Waals surface area contributed by atoms with Gasteiger partial charge in [0.05, 0.1) is 15.6 Å². The van der Waals surface area contributed by atoms with Gasteiger partial charge in [0.25, 0.3) is 11.6 Å². The second-order valence-electron chi connectivity index (χ2n) is 3.74. The summed E-state index contributed by atoms with van der Waals surface area (Å²) < 4.78 is 0. The molecule has 0 bridgehead atoms. The van der Waals surface area contributed by atoms with Crippen LogP contribution in [0.4, 0.5) is 11.4 Å². The smallest absolute Gasteiger partial charge is 0.270 e. The van der Waals surface area contributed by atoms with Gasteiger partial charge in [0.1, 0.15) is 0 Å². The molecule has 0 unspecified atom stereocenters. The summed E-state index contributed by atoms with van der Waals surface area (Å²) in [6.07, 6.45) is 0. The lowest BCUT2D eigenvalue weighted by molar-refractivity contribution is -0.384. The predicted octanol–water partition coefficient (Wildman–Crippen LogP) is 3.50. The molecule has 6 heteroatoms. The van der Waals surface area contributed by atoms with Crippen molar-refractivity contribution in [1.29, 1.82) is 0 Å². The van der Waals surface area contributed by atoms with Gasteiger partial charge >= 0.3 is 0 Å². The van der Waals surface area contributed by atoms with Crippen molar-refractivity contribution in [2.75, 3.05) is 5.32 Å². The van der Waals surface area contributed by atoms with Crippen molar-refractivity contribution in [3.63, 3.8) is 0 Å². The molecule has 0 saturated heterocycles. The highest BCUT2D eigenvalue weighted by Crippen LogP contribution is 2.22. The number of carbonyl (C=O) groups excluding carboxylic acids is 1. The minimum absolute atomic E-state index is 0.133. The molecule has 2 aromatic rings. The number of nitrogens with zero attached hydrogens (tertiary/aromatic N) is 1. The Morgan fingerprint density at radius 1 is 1.16 bits per heavy atom. The molecule has 0 fully saturated rings. The zero-order valence-corrected chi connectivity index (χ0v) is 10.4. The molecule has 0 radical (unpaired) electrons. The maximum Gasteiger partial charge on any atom is 0.270 e. The van der Waals surface area contributed by atoms with Crippen molar-refractivity contribution in [2.24, 2.45) is 0 Å². The summed E-state index contributed by atoms with van der Waals surface area (Å²) in [4.78, 5) is 22.0. The molecule has 0 heterocycles. The van der Waals surface area contributed by atoms with Crippen molar-refractivity contribution in [3.05, 3.63) is 69.2 Å². The second-order valence-corrected chi connectivity index (χ2v) is 4.15. The van der Waals surface area contributed by atoms with Gasteiger partial charge in [-0.05, 0) is 18.2 Å². The van der Waals surface area contributed by atoms with E-state index in [1.54, 1.807) is 24.3 Å². The first-order chi connectivity index (χ1) is 9.08. The maximum atomic E-state index is 11.9. The summed E-state index contributed by atoms with van der Waals surface area (Å²) in [5.41, 5.74) is 0.529. The first-order valence-electron chi connectivity index (χ1n) is 5.38. The molecular formula is C13H9ClN2O3. The van der Waals surface area contributed by atoms with Crippen LogP contribution in [0.5, 0.6) is 0 Å². The van der Waals surface area contributed by atoms with E-state index in [1.165, 1.54) is 24.3 Å². The van der Waals surface area contributed by atoms with E-state index in [4.69, 9.17) is 11.6 Å². The van der Waals surface area contributed by atoms with Crippen LogP contribution in [0.2, 0.25) is 5.02 Å². The number of amides is 1. The van der Waals surface area contributed by atoms with E-state index in [1.807, 2.05) is 0 Å². The minimum atomic E-state index is -0.549. The Balaban J connectivity index is 2.23. The number of benzene rings is 2. The third kappa shape index (κ3) is 3.08. The number of non-ortho nitro benzene ring substituents is 1. The highest BCUT2D eigenvalue weighted by Gasteiger charge is 2.12. The van der Waals surface area contributed by atoms with Crippen LogP contribution in [0.3, 0.4) is 0 Å². The monoisotopic (exact) mass is 276 g/mol. The van der Waals surface area contributed by atoms with Gasteiger partial charge in [0, 0.05) is 17.7 Å². The standard InChI is InChI=1S/C13H9ClN2O3/c14-11-6-1-2-7-12(11)15-13(17)9-4-3-5-10(8-9)16(18)19/h1-8H,(H,15,17). The summed E-state index contributed by atoms with van der Waals surface area (Å²) in [5, 5.41) is 13.6. The summed E-state index contributed by atoms with van der Waals surface area (Å²) in [7, 11) is 0. The maximum absolute atomic E-state index is 11.9. The summed E-state index contributed by atoms with van der Waals surface area (Å²) in [5.74, 6) is -0.447. The average molecular weight is 277 g/mol. The van der Waals surface area contributed by atoms with Crippen molar-refractivity contribution in [2.45, 2.75) is 0 Å². The fourth-order valence-electron chi connectivity index (χ4n) is 1.52. The lowest BCUT2D eigenvalue weighted by Gasteiger charge is -2.06. The van der Waals surface area contributed by atoms with Gasteiger partial charge in [-0.15, -0.1) is 0 Å². The first-order valence-corrected chi connectivity index (χ1v) is 5.76. The molecule has 0 aliphatic carbocycles. The molecule has 0 saturated carbocycles. The molecule has 0 aliphatic rings. The number of hydrogen-bond acceptors (Lipinski definition) is 3. The van der Waals surface area contributed by atoms with Crippen LogP contribution in [-0.4, -0.2) is 10.8 Å². The molecule has 1 amide bonds. The van der Waals surface area contributed by atoms with Crippen molar-refractivity contribution >= 4 is 28.9 Å². The zero-order chi connectivity index (χ0) is 13.8. The van der Waals surface area contributed by atoms with E-state index in [9.17, 15) is 14.9 Å². The van der Waals surface area contributed by atoms with Crippen LogP contribution in [0.15, 0.2) is 48.5 Å². The topological polar surface area (TPSA) is 72.2 Å². The van der Waals surface area contributed by atoms with E-state index in [0.717, 1.165) is 0 Å². The van der Waals surface area contributed by atoms with Crippen molar-refractivity contribution in [3.8, 4) is 0 Å². The number of rotatable bonds is 3. The van der Waals surface area contributed by atoms with E-state index < -0.39 is 10.8 Å². The molecule has 0 spiro atoms. The van der Waals surface area contributed by atoms with Gasteiger partial charge in [-0.25, -0.2) is 0 Å². The molecule has 19 heavy (non-hydrogen) atoms. The molecule has 5 nitrogen and oxygen atoms in total. The summed E-state index contributed by atoms with van der Waals surface area (Å²) in [6, 6.07) is 12.3. The Hall–Kier alpha value is -2.40. The predicted molar refractivity (Wildman–Crippen MR) is 72.5 cm³/mol. The van der Waals surface area contributed by atoms with Crippen LogP contribution in [0, 0.1) is 10.1 Å². The Morgan fingerprint density at radius 2 is 1.89 bits per heavy atom. The molecule has 0 aliphatic heterocycles. The third-order valence-corrected chi connectivity index (χ3v) is 2.77. The van der Waals surface area contributed by atoms with Crippen molar-refractivity contribution < 1.29 is 9.72 Å². The number of halogens is 1. The van der Waals surface area contributed by atoms with Gasteiger partial charge in [0.15, 0.2) is 0 Å². The minimum Gasteiger partial charge on any atom is -0.321 e. The Bertz CT molecular complexity index is 643. The largest absolute Gasteiger partial charge is 0.321 e. The fourth-order valence-corrected chi connectivity index (χ4v) is 1.70.